The Morgan fingerprint density at radius 2 is 2.47 bits per heavy atom. The molecular weight excluding hydrogens is 198 g/mol. The third-order valence-electron chi connectivity index (χ3n) is 2.13. The third-order valence-corrected chi connectivity index (χ3v) is 2.13. The van der Waals surface area contributed by atoms with Crippen LogP contribution in [0.4, 0.5) is 0 Å². The number of hydrogen-bond acceptors (Lipinski definition) is 5. The lowest BCUT2D eigenvalue weighted by molar-refractivity contribution is -0.122. The summed E-state index contributed by atoms with van der Waals surface area (Å²) in [6.45, 7) is 1.66. The fourth-order valence-electron chi connectivity index (χ4n) is 1.40. The van der Waals surface area contributed by atoms with E-state index in [9.17, 15) is 4.79 Å². The highest BCUT2D eigenvalue weighted by Crippen LogP contribution is 2.03. The molecule has 1 saturated heterocycles. The van der Waals surface area contributed by atoms with E-state index in [1.807, 2.05) is 0 Å². The highest BCUT2D eigenvalue weighted by molar-refractivity contribution is 5.96. The molecule has 0 radical (unpaired) electrons. The van der Waals surface area contributed by atoms with Crippen LogP contribution < -0.4 is 10.6 Å². The molecule has 6 nitrogen and oxygen atoms in total. The van der Waals surface area contributed by atoms with Gasteiger partial charge in [0.1, 0.15) is 7.11 Å². The molecule has 0 aromatic rings. The molecule has 1 aliphatic heterocycles. The van der Waals surface area contributed by atoms with E-state index in [2.05, 4.69) is 20.6 Å². The van der Waals surface area contributed by atoms with Crippen LogP contribution in [0.15, 0.2) is 5.16 Å². The fraction of sp³-hybridized carbons (Fsp3) is 0.778. The molecule has 1 atom stereocenters. The summed E-state index contributed by atoms with van der Waals surface area (Å²) in [6, 6.07) is -0.198. The number of hydrogen-bond donors (Lipinski definition) is 2. The largest absolute Gasteiger partial charge is 0.399 e. The van der Waals surface area contributed by atoms with Crippen molar-refractivity contribution in [1.82, 2.24) is 10.6 Å². The highest BCUT2D eigenvalue weighted by Gasteiger charge is 2.26. The van der Waals surface area contributed by atoms with E-state index in [4.69, 9.17) is 4.74 Å². The number of ether oxygens (including phenoxy) is 1. The van der Waals surface area contributed by atoms with E-state index in [-0.39, 0.29) is 11.9 Å². The van der Waals surface area contributed by atoms with Crippen molar-refractivity contribution in [3.05, 3.63) is 0 Å². The number of nitrogens with zero attached hydrogens (tertiary/aromatic N) is 1. The molecule has 86 valence electrons. The summed E-state index contributed by atoms with van der Waals surface area (Å²) in [6.07, 6.45) is 0.604. The van der Waals surface area contributed by atoms with E-state index in [0.717, 1.165) is 5.71 Å². The van der Waals surface area contributed by atoms with Crippen molar-refractivity contribution in [3.8, 4) is 0 Å². The second-order valence-electron chi connectivity index (χ2n) is 3.26. The normalized spacial score (nSPS) is 23.1. The number of amides is 1. The lowest BCUT2D eigenvalue weighted by atomic mass is 10.2. The van der Waals surface area contributed by atoms with Crippen molar-refractivity contribution in [2.45, 2.75) is 12.5 Å². The first-order chi connectivity index (χ1) is 7.27. The van der Waals surface area contributed by atoms with E-state index >= 15 is 0 Å². The van der Waals surface area contributed by atoms with Gasteiger partial charge in [0.15, 0.2) is 0 Å². The molecular formula is C9H17N3O3. The van der Waals surface area contributed by atoms with Crippen LogP contribution in [-0.2, 0) is 14.4 Å². The van der Waals surface area contributed by atoms with Crippen LogP contribution in [-0.4, -0.2) is 51.6 Å². The molecule has 1 unspecified atom stereocenters. The molecule has 2 N–H and O–H groups in total. The molecule has 1 fully saturated rings. The van der Waals surface area contributed by atoms with Crippen LogP contribution in [0.25, 0.3) is 0 Å². The van der Waals surface area contributed by atoms with E-state index in [1.165, 1.54) is 7.11 Å². The standard InChI is InChI=1S/C9H17N3O3/c1-14-4-3-10-9(13)8-5-7(6-11-8)12-15-2/h8,11H,3-6H2,1-2H3,(H,10,13). The summed E-state index contributed by atoms with van der Waals surface area (Å²) in [5.41, 5.74) is 0.865. The monoisotopic (exact) mass is 215 g/mol. The van der Waals surface area contributed by atoms with Crippen molar-refractivity contribution < 1.29 is 14.4 Å². The van der Waals surface area contributed by atoms with Gasteiger partial charge < -0.3 is 20.2 Å². The van der Waals surface area contributed by atoms with Gasteiger partial charge in [-0.15, -0.1) is 0 Å². The molecule has 1 heterocycles. The van der Waals surface area contributed by atoms with Crippen LogP contribution in [0, 0.1) is 0 Å². The van der Waals surface area contributed by atoms with Gasteiger partial charge in [0.05, 0.1) is 18.4 Å². The summed E-state index contributed by atoms with van der Waals surface area (Å²) >= 11 is 0. The zero-order valence-electron chi connectivity index (χ0n) is 9.08. The molecule has 6 heteroatoms. The first kappa shape index (κ1) is 11.9. The van der Waals surface area contributed by atoms with Crippen LogP contribution >= 0.6 is 0 Å². The van der Waals surface area contributed by atoms with E-state index < -0.39 is 0 Å². The predicted octanol–water partition coefficient (Wildman–Crippen LogP) is -0.887. The number of rotatable bonds is 5. The second kappa shape index (κ2) is 6.36. The van der Waals surface area contributed by atoms with Gasteiger partial charge in [0.2, 0.25) is 5.91 Å². The average molecular weight is 215 g/mol. The number of oxime groups is 1. The first-order valence-corrected chi connectivity index (χ1v) is 4.87. The minimum Gasteiger partial charge on any atom is -0.399 e. The molecule has 1 aliphatic rings. The molecule has 0 aromatic carbocycles. The lowest BCUT2D eigenvalue weighted by Crippen LogP contribution is -2.41. The number of carbonyl (C=O) groups excluding carboxylic acids is 1. The maximum absolute atomic E-state index is 11.5. The molecule has 0 bridgehead atoms. The van der Waals surface area contributed by atoms with Gasteiger partial charge in [-0.3, -0.25) is 4.79 Å². The van der Waals surface area contributed by atoms with Gasteiger partial charge in [-0.05, 0) is 0 Å². The number of methoxy groups -OCH3 is 1. The Morgan fingerprint density at radius 1 is 1.67 bits per heavy atom. The molecule has 0 spiro atoms. The summed E-state index contributed by atoms with van der Waals surface area (Å²) in [5, 5.41) is 9.62. The summed E-state index contributed by atoms with van der Waals surface area (Å²) in [7, 11) is 3.10. The van der Waals surface area contributed by atoms with Crippen molar-refractivity contribution in [3.63, 3.8) is 0 Å². The summed E-state index contributed by atoms with van der Waals surface area (Å²) < 4.78 is 4.84. The SMILES string of the molecule is COCCNC(=O)C1CC(=NOC)CN1. The van der Waals surface area contributed by atoms with Gasteiger partial charge in [-0.25, -0.2) is 0 Å². The molecule has 1 rings (SSSR count). The average Bonchev–Trinajstić information content (AvgIpc) is 2.67. The van der Waals surface area contributed by atoms with E-state index in [1.54, 1.807) is 7.11 Å². The maximum Gasteiger partial charge on any atom is 0.237 e. The molecule has 0 aliphatic carbocycles. The first-order valence-electron chi connectivity index (χ1n) is 4.87. The minimum absolute atomic E-state index is 0.0200. The lowest BCUT2D eigenvalue weighted by Gasteiger charge is -2.09. The van der Waals surface area contributed by atoms with Gasteiger partial charge in [-0.2, -0.15) is 0 Å². The third kappa shape index (κ3) is 3.85. The molecule has 0 aromatic heterocycles. The molecule has 0 saturated carbocycles. The highest BCUT2D eigenvalue weighted by atomic mass is 16.6. The predicted molar refractivity (Wildman–Crippen MR) is 55.7 cm³/mol. The Hall–Kier alpha value is -1.14. The Kier molecular flexibility index (Phi) is 5.06. The van der Waals surface area contributed by atoms with Crippen LogP contribution in [0.1, 0.15) is 6.42 Å². The van der Waals surface area contributed by atoms with Crippen LogP contribution in [0.2, 0.25) is 0 Å². The Bertz CT molecular complexity index is 243. The summed E-state index contributed by atoms with van der Waals surface area (Å²) in [5.74, 6) is -0.0200. The van der Waals surface area contributed by atoms with Gasteiger partial charge in [0, 0.05) is 26.6 Å². The Balaban J connectivity index is 2.27. The molecule has 15 heavy (non-hydrogen) atoms. The van der Waals surface area contributed by atoms with Gasteiger partial charge in [0.25, 0.3) is 0 Å². The maximum atomic E-state index is 11.5. The fourth-order valence-corrected chi connectivity index (χ4v) is 1.40. The van der Waals surface area contributed by atoms with Crippen LogP contribution in [0.3, 0.4) is 0 Å². The zero-order chi connectivity index (χ0) is 11.1. The number of carbonyl (C=O) groups is 1. The quantitative estimate of drug-likeness (QED) is 0.461. The van der Waals surface area contributed by atoms with E-state index in [0.29, 0.717) is 26.1 Å². The Labute approximate surface area is 89.0 Å². The smallest absolute Gasteiger partial charge is 0.237 e. The second-order valence-corrected chi connectivity index (χ2v) is 3.26. The van der Waals surface area contributed by atoms with Crippen molar-refractivity contribution in [2.24, 2.45) is 5.16 Å². The number of nitrogens with one attached hydrogen (secondary N) is 2. The van der Waals surface area contributed by atoms with Gasteiger partial charge in [-0.1, -0.05) is 5.16 Å². The van der Waals surface area contributed by atoms with Gasteiger partial charge >= 0.3 is 0 Å². The Morgan fingerprint density at radius 3 is 3.13 bits per heavy atom. The molecule has 1 amide bonds. The summed E-state index contributed by atoms with van der Waals surface area (Å²) in [4.78, 5) is 16.2. The van der Waals surface area contributed by atoms with Crippen molar-refractivity contribution >= 4 is 11.6 Å². The minimum atomic E-state index is -0.198. The zero-order valence-corrected chi connectivity index (χ0v) is 9.08. The topological polar surface area (TPSA) is 72.0 Å². The van der Waals surface area contributed by atoms with Crippen LogP contribution in [0.5, 0.6) is 0 Å². The van der Waals surface area contributed by atoms with Crippen molar-refractivity contribution in [1.29, 1.82) is 0 Å². The van der Waals surface area contributed by atoms with Crippen molar-refractivity contribution in [2.75, 3.05) is 33.9 Å².